The van der Waals surface area contributed by atoms with Crippen LogP contribution in [0.25, 0.3) is 0 Å². The number of anilines is 1. The normalized spacial score (nSPS) is 18.4. The molecule has 0 aromatic heterocycles. The average Bonchev–Trinajstić information content (AvgIpc) is 2.71. The summed E-state index contributed by atoms with van der Waals surface area (Å²) in [6, 6.07) is 4.63. The number of rotatable bonds is 6. The first kappa shape index (κ1) is 21.5. The van der Waals surface area contributed by atoms with E-state index in [1.165, 1.54) is 34.9 Å². The topological polar surface area (TPSA) is 70.7 Å². The molecule has 28 heavy (non-hydrogen) atoms. The lowest BCUT2D eigenvalue weighted by Gasteiger charge is -2.26. The second-order valence-corrected chi connectivity index (χ2v) is 9.65. The van der Waals surface area contributed by atoms with Gasteiger partial charge in [0.1, 0.15) is 0 Å². The predicted octanol–water partition coefficient (Wildman–Crippen LogP) is 3.54. The lowest BCUT2D eigenvalue weighted by atomic mass is 9.97. The van der Waals surface area contributed by atoms with Crippen molar-refractivity contribution in [1.82, 2.24) is 9.62 Å². The van der Waals surface area contributed by atoms with Gasteiger partial charge in [0.2, 0.25) is 10.0 Å². The highest BCUT2D eigenvalue weighted by Crippen LogP contribution is 2.27. The third-order valence-corrected chi connectivity index (χ3v) is 7.38. The van der Waals surface area contributed by atoms with Gasteiger partial charge in [-0.05, 0) is 62.5 Å². The van der Waals surface area contributed by atoms with E-state index in [4.69, 9.17) is 28.6 Å². The SMILES string of the molecule is O=S(=O)(c1ccc(Cl)c(NC(=S)NCCC2=CCCCC2)c1)N1CCOCC1. The summed E-state index contributed by atoms with van der Waals surface area (Å²) in [5, 5.41) is 7.04. The molecule has 154 valence electrons. The number of hydrogen-bond donors (Lipinski definition) is 2. The molecule has 2 N–H and O–H groups in total. The number of thiocarbonyl (C=S) groups is 1. The van der Waals surface area contributed by atoms with Crippen molar-refractivity contribution in [3.05, 3.63) is 34.9 Å². The summed E-state index contributed by atoms with van der Waals surface area (Å²) in [5.74, 6) is 0. The third kappa shape index (κ3) is 5.67. The lowest BCUT2D eigenvalue weighted by Crippen LogP contribution is -2.40. The van der Waals surface area contributed by atoms with Crippen molar-refractivity contribution in [3.63, 3.8) is 0 Å². The van der Waals surface area contributed by atoms with E-state index in [2.05, 4.69) is 16.7 Å². The Morgan fingerprint density at radius 2 is 2.04 bits per heavy atom. The maximum atomic E-state index is 12.8. The fourth-order valence-corrected chi connectivity index (χ4v) is 5.14. The van der Waals surface area contributed by atoms with Crippen LogP contribution in [0.3, 0.4) is 0 Å². The molecule has 0 amide bonds. The Hall–Kier alpha value is -1.19. The molecule has 0 unspecified atom stereocenters. The van der Waals surface area contributed by atoms with Crippen LogP contribution in [0.15, 0.2) is 34.7 Å². The maximum Gasteiger partial charge on any atom is 0.243 e. The molecule has 9 heteroatoms. The summed E-state index contributed by atoms with van der Waals surface area (Å²) in [4.78, 5) is 0.191. The van der Waals surface area contributed by atoms with E-state index in [9.17, 15) is 8.42 Å². The van der Waals surface area contributed by atoms with Crippen molar-refractivity contribution in [2.45, 2.75) is 37.0 Å². The lowest BCUT2D eigenvalue weighted by molar-refractivity contribution is 0.0730. The molecule has 6 nitrogen and oxygen atoms in total. The van der Waals surface area contributed by atoms with E-state index in [1.807, 2.05) is 0 Å². The molecular weight excluding hydrogens is 418 g/mol. The van der Waals surface area contributed by atoms with Gasteiger partial charge >= 0.3 is 0 Å². The fraction of sp³-hybridized carbons (Fsp3) is 0.526. The van der Waals surface area contributed by atoms with Gasteiger partial charge in [-0.2, -0.15) is 4.31 Å². The first-order valence-electron chi connectivity index (χ1n) is 9.57. The number of allylic oxidation sites excluding steroid dienone is 1. The van der Waals surface area contributed by atoms with Crippen molar-refractivity contribution < 1.29 is 13.2 Å². The van der Waals surface area contributed by atoms with Crippen molar-refractivity contribution >= 4 is 44.6 Å². The second kappa shape index (κ2) is 10.0. The zero-order valence-electron chi connectivity index (χ0n) is 15.7. The second-order valence-electron chi connectivity index (χ2n) is 6.90. The molecule has 2 aliphatic rings. The number of nitrogens with one attached hydrogen (secondary N) is 2. The minimum Gasteiger partial charge on any atom is -0.379 e. The Bertz CT molecular complexity index is 837. The molecule has 3 rings (SSSR count). The van der Waals surface area contributed by atoms with Crippen LogP contribution in [0.1, 0.15) is 32.1 Å². The van der Waals surface area contributed by atoms with E-state index < -0.39 is 10.0 Å². The summed E-state index contributed by atoms with van der Waals surface area (Å²) in [6.07, 6.45) is 8.14. The molecule has 0 radical (unpaired) electrons. The molecule has 1 aromatic carbocycles. The molecule has 0 spiro atoms. The van der Waals surface area contributed by atoms with Gasteiger partial charge in [0.05, 0.1) is 28.8 Å². The number of benzene rings is 1. The zero-order chi connectivity index (χ0) is 20.0. The van der Waals surface area contributed by atoms with Gasteiger partial charge in [0, 0.05) is 19.6 Å². The van der Waals surface area contributed by atoms with E-state index in [1.54, 1.807) is 6.07 Å². The standard InChI is InChI=1S/C19H26ClN3O3S2/c20-17-7-6-16(28(24,25)23-10-12-26-13-11-23)14-18(17)22-19(27)21-9-8-15-4-2-1-3-5-15/h4,6-7,14H,1-3,5,8-13H2,(H2,21,22,27). The van der Waals surface area contributed by atoms with Gasteiger partial charge in [0.25, 0.3) is 0 Å². The quantitative estimate of drug-likeness (QED) is 0.517. The number of hydrogen-bond acceptors (Lipinski definition) is 4. The molecule has 1 heterocycles. The van der Waals surface area contributed by atoms with Gasteiger partial charge in [-0.3, -0.25) is 0 Å². The monoisotopic (exact) mass is 443 g/mol. The minimum absolute atomic E-state index is 0.191. The Labute approximate surface area is 177 Å². The molecule has 0 bridgehead atoms. The van der Waals surface area contributed by atoms with Crippen LogP contribution >= 0.6 is 23.8 Å². The predicted molar refractivity (Wildman–Crippen MR) is 116 cm³/mol. The van der Waals surface area contributed by atoms with Gasteiger partial charge in [-0.15, -0.1) is 0 Å². The highest BCUT2D eigenvalue weighted by atomic mass is 35.5. The molecule has 1 aliphatic heterocycles. The van der Waals surface area contributed by atoms with Gasteiger partial charge in [-0.25, -0.2) is 8.42 Å². The van der Waals surface area contributed by atoms with E-state index >= 15 is 0 Å². The van der Waals surface area contributed by atoms with Crippen LogP contribution in [0.5, 0.6) is 0 Å². The first-order chi connectivity index (χ1) is 13.5. The number of ether oxygens (including phenoxy) is 1. The van der Waals surface area contributed by atoms with Crippen molar-refractivity contribution in [3.8, 4) is 0 Å². The van der Waals surface area contributed by atoms with Crippen molar-refractivity contribution in [2.75, 3.05) is 38.2 Å². The molecule has 1 saturated heterocycles. The number of sulfonamides is 1. The molecular formula is C19H26ClN3O3S2. The number of morpholine rings is 1. The number of nitrogens with zero attached hydrogens (tertiary/aromatic N) is 1. The van der Waals surface area contributed by atoms with Crippen LogP contribution in [-0.4, -0.2) is 50.7 Å². The Morgan fingerprint density at radius 3 is 2.75 bits per heavy atom. The molecule has 0 atom stereocenters. The summed E-state index contributed by atoms with van der Waals surface area (Å²) >= 11 is 11.6. The summed E-state index contributed by atoms with van der Waals surface area (Å²) in [6.45, 7) is 2.25. The van der Waals surface area contributed by atoms with Crippen molar-refractivity contribution in [1.29, 1.82) is 0 Å². The zero-order valence-corrected chi connectivity index (χ0v) is 18.1. The van der Waals surface area contributed by atoms with Crippen LogP contribution < -0.4 is 10.6 Å². The molecule has 1 aromatic rings. The van der Waals surface area contributed by atoms with Gasteiger partial charge < -0.3 is 15.4 Å². The third-order valence-electron chi connectivity index (χ3n) is 4.91. The largest absolute Gasteiger partial charge is 0.379 e. The minimum atomic E-state index is -3.59. The average molecular weight is 444 g/mol. The highest BCUT2D eigenvalue weighted by Gasteiger charge is 2.27. The Morgan fingerprint density at radius 1 is 1.25 bits per heavy atom. The van der Waals surface area contributed by atoms with Gasteiger partial charge in [0.15, 0.2) is 5.11 Å². The van der Waals surface area contributed by atoms with Crippen LogP contribution in [0.4, 0.5) is 5.69 Å². The number of halogens is 1. The smallest absolute Gasteiger partial charge is 0.243 e. The Kier molecular flexibility index (Phi) is 7.70. The van der Waals surface area contributed by atoms with Crippen LogP contribution in [-0.2, 0) is 14.8 Å². The molecule has 1 aliphatic carbocycles. The van der Waals surface area contributed by atoms with E-state index in [-0.39, 0.29) is 4.90 Å². The van der Waals surface area contributed by atoms with Crippen molar-refractivity contribution in [2.24, 2.45) is 0 Å². The van der Waals surface area contributed by atoms with E-state index in [0.717, 1.165) is 25.8 Å². The maximum absolute atomic E-state index is 12.8. The molecule has 0 saturated carbocycles. The van der Waals surface area contributed by atoms with E-state index in [0.29, 0.717) is 42.1 Å². The fourth-order valence-electron chi connectivity index (χ4n) is 3.33. The Balaban J connectivity index is 1.61. The van der Waals surface area contributed by atoms with Gasteiger partial charge in [-0.1, -0.05) is 23.3 Å². The van der Waals surface area contributed by atoms with Crippen LogP contribution in [0, 0.1) is 0 Å². The highest BCUT2D eigenvalue weighted by molar-refractivity contribution is 7.89. The first-order valence-corrected chi connectivity index (χ1v) is 11.8. The van der Waals surface area contributed by atoms with Crippen LogP contribution in [0.2, 0.25) is 5.02 Å². The summed E-state index contributed by atoms with van der Waals surface area (Å²) in [5.41, 5.74) is 1.95. The summed E-state index contributed by atoms with van der Waals surface area (Å²) < 4.78 is 32.3. The summed E-state index contributed by atoms with van der Waals surface area (Å²) in [7, 11) is -3.59. The molecule has 1 fully saturated rings.